The van der Waals surface area contributed by atoms with Crippen LogP contribution in [-0.4, -0.2) is 16.0 Å². The number of nitrogens with zero attached hydrogens (tertiary/aromatic N) is 1. The third-order valence-electron chi connectivity index (χ3n) is 5.95. The first kappa shape index (κ1) is 14.6. The summed E-state index contributed by atoms with van der Waals surface area (Å²) in [5.74, 6) is 2.10. The van der Waals surface area contributed by atoms with Crippen LogP contribution in [0.1, 0.15) is 56.5 Å². The largest absolute Gasteiger partial charge is 0.342 e. The van der Waals surface area contributed by atoms with Crippen molar-refractivity contribution < 1.29 is 0 Å². The van der Waals surface area contributed by atoms with E-state index in [1.165, 1.54) is 11.1 Å². The number of hydrogen-bond acceptors (Lipinski definition) is 2. The maximum atomic E-state index is 6.28. The minimum Gasteiger partial charge on any atom is -0.342 e. The van der Waals surface area contributed by atoms with E-state index in [4.69, 9.17) is 10.7 Å². The fraction of sp³-hybridized carbons (Fsp3) is 0.611. The van der Waals surface area contributed by atoms with Crippen molar-refractivity contribution in [2.24, 2.45) is 17.1 Å². The van der Waals surface area contributed by atoms with E-state index in [-0.39, 0.29) is 5.41 Å². The lowest BCUT2D eigenvalue weighted by Gasteiger charge is -2.46. The van der Waals surface area contributed by atoms with Crippen LogP contribution in [0.3, 0.4) is 0 Å². The van der Waals surface area contributed by atoms with Gasteiger partial charge in [0.1, 0.15) is 5.82 Å². The number of nitrogens with one attached hydrogen (secondary N) is 1. The van der Waals surface area contributed by atoms with Crippen molar-refractivity contribution in [1.29, 1.82) is 0 Å². The number of benzene rings is 1. The van der Waals surface area contributed by atoms with Crippen LogP contribution in [-0.2, 0) is 0 Å². The molecule has 21 heavy (non-hydrogen) atoms. The Balaban J connectivity index is 2.04. The average Bonchev–Trinajstić information content (AvgIpc) is 2.79. The number of hydrogen-bond donors (Lipinski definition) is 2. The number of aromatic amines is 1. The zero-order chi connectivity index (χ0) is 15.4. The van der Waals surface area contributed by atoms with Crippen LogP contribution in [0.25, 0.3) is 11.0 Å². The summed E-state index contributed by atoms with van der Waals surface area (Å²) < 4.78 is 0. The number of imidazole rings is 1. The summed E-state index contributed by atoms with van der Waals surface area (Å²) >= 11 is 0. The summed E-state index contributed by atoms with van der Waals surface area (Å²) in [7, 11) is 0. The highest BCUT2D eigenvalue weighted by atomic mass is 14.9. The molecule has 1 fully saturated rings. The van der Waals surface area contributed by atoms with Crippen LogP contribution < -0.4 is 5.73 Å². The molecule has 1 aliphatic rings. The molecule has 0 amide bonds. The van der Waals surface area contributed by atoms with Crippen molar-refractivity contribution in [3.8, 4) is 0 Å². The van der Waals surface area contributed by atoms with Crippen molar-refractivity contribution in [3.05, 3.63) is 29.1 Å². The van der Waals surface area contributed by atoms with Crippen LogP contribution in [0, 0.1) is 25.2 Å². The van der Waals surface area contributed by atoms with Gasteiger partial charge in [-0.1, -0.05) is 20.8 Å². The molecule has 3 N–H and O–H groups in total. The minimum atomic E-state index is 0.176. The molecule has 3 rings (SSSR count). The molecule has 1 heterocycles. The van der Waals surface area contributed by atoms with Gasteiger partial charge in [0.2, 0.25) is 0 Å². The zero-order valence-corrected chi connectivity index (χ0v) is 13.8. The lowest BCUT2D eigenvalue weighted by atomic mass is 9.61. The number of aryl methyl sites for hydroxylation is 2. The molecule has 1 aliphatic carbocycles. The Morgan fingerprint density at radius 1 is 1.19 bits per heavy atom. The first-order valence-corrected chi connectivity index (χ1v) is 8.03. The van der Waals surface area contributed by atoms with E-state index < -0.39 is 0 Å². The second kappa shape index (κ2) is 4.84. The Kier molecular flexibility index (Phi) is 3.36. The fourth-order valence-corrected chi connectivity index (χ4v) is 3.79. The second-order valence-electron chi connectivity index (χ2n) is 7.48. The van der Waals surface area contributed by atoms with E-state index >= 15 is 0 Å². The summed E-state index contributed by atoms with van der Waals surface area (Å²) in [6.45, 7) is 11.3. The van der Waals surface area contributed by atoms with Gasteiger partial charge in [-0.2, -0.15) is 0 Å². The van der Waals surface area contributed by atoms with E-state index in [1.807, 2.05) is 0 Å². The number of H-pyrrole nitrogens is 1. The lowest BCUT2D eigenvalue weighted by Crippen LogP contribution is -2.46. The van der Waals surface area contributed by atoms with Crippen molar-refractivity contribution in [1.82, 2.24) is 9.97 Å². The molecule has 1 saturated carbocycles. The minimum absolute atomic E-state index is 0.176. The van der Waals surface area contributed by atoms with E-state index in [0.29, 0.717) is 17.9 Å². The van der Waals surface area contributed by atoms with E-state index in [0.717, 1.165) is 29.7 Å². The Morgan fingerprint density at radius 3 is 2.57 bits per heavy atom. The van der Waals surface area contributed by atoms with Gasteiger partial charge in [-0.3, -0.25) is 0 Å². The van der Waals surface area contributed by atoms with E-state index in [9.17, 15) is 0 Å². The third kappa shape index (κ3) is 2.28. The van der Waals surface area contributed by atoms with Gasteiger partial charge in [0, 0.05) is 12.0 Å². The molecule has 0 aliphatic heterocycles. The molecule has 3 heteroatoms. The summed E-state index contributed by atoms with van der Waals surface area (Å²) in [4.78, 5) is 8.47. The predicted octanol–water partition coefficient (Wildman–Crippen LogP) is 4.05. The van der Waals surface area contributed by atoms with Gasteiger partial charge >= 0.3 is 0 Å². The first-order chi connectivity index (χ1) is 9.80. The van der Waals surface area contributed by atoms with Gasteiger partial charge in [0.25, 0.3) is 0 Å². The molecular weight excluding hydrogens is 258 g/mol. The molecule has 3 nitrogen and oxygen atoms in total. The zero-order valence-electron chi connectivity index (χ0n) is 13.8. The molecule has 1 aromatic carbocycles. The summed E-state index contributed by atoms with van der Waals surface area (Å²) in [5.41, 5.74) is 11.3. The SMILES string of the molecule is Cc1cc2nc(C3CCC(N)C(C)C3(C)C)[nH]c2cc1C. The molecule has 0 spiro atoms. The van der Waals surface area contributed by atoms with Crippen LogP contribution >= 0.6 is 0 Å². The number of rotatable bonds is 1. The maximum Gasteiger partial charge on any atom is 0.110 e. The molecule has 3 unspecified atom stereocenters. The van der Waals surface area contributed by atoms with Crippen molar-refractivity contribution in [2.75, 3.05) is 0 Å². The van der Waals surface area contributed by atoms with Gasteiger partial charge in [0.15, 0.2) is 0 Å². The van der Waals surface area contributed by atoms with Gasteiger partial charge in [-0.05, 0) is 61.3 Å². The van der Waals surface area contributed by atoms with Gasteiger partial charge in [0.05, 0.1) is 11.0 Å². The second-order valence-corrected chi connectivity index (χ2v) is 7.48. The molecule has 1 aromatic heterocycles. The molecule has 0 bridgehead atoms. The topological polar surface area (TPSA) is 54.7 Å². The Labute approximate surface area is 127 Å². The van der Waals surface area contributed by atoms with Crippen molar-refractivity contribution in [3.63, 3.8) is 0 Å². The quantitative estimate of drug-likeness (QED) is 0.830. The van der Waals surface area contributed by atoms with Crippen LogP contribution in [0.5, 0.6) is 0 Å². The van der Waals surface area contributed by atoms with Gasteiger partial charge in [-0.15, -0.1) is 0 Å². The van der Waals surface area contributed by atoms with E-state index in [2.05, 4.69) is 51.7 Å². The van der Waals surface area contributed by atoms with Crippen molar-refractivity contribution >= 4 is 11.0 Å². The summed E-state index contributed by atoms with van der Waals surface area (Å²) in [5, 5.41) is 0. The van der Waals surface area contributed by atoms with Gasteiger partial charge < -0.3 is 10.7 Å². The number of aromatic nitrogens is 2. The highest BCUT2D eigenvalue weighted by Gasteiger charge is 2.43. The Hall–Kier alpha value is -1.35. The standard InChI is InChI=1S/C18H27N3/c1-10-8-15-16(9-11(10)2)21-17(20-15)13-6-7-14(19)12(3)18(13,4)5/h8-9,12-14H,6-7,19H2,1-5H3,(H,20,21). The lowest BCUT2D eigenvalue weighted by molar-refractivity contribution is 0.0954. The predicted molar refractivity (Wildman–Crippen MR) is 88.5 cm³/mol. The first-order valence-electron chi connectivity index (χ1n) is 8.03. The van der Waals surface area contributed by atoms with E-state index in [1.54, 1.807) is 0 Å². The molecular formula is C18H27N3. The van der Waals surface area contributed by atoms with Crippen LogP contribution in [0.15, 0.2) is 12.1 Å². The Morgan fingerprint density at radius 2 is 1.86 bits per heavy atom. The monoisotopic (exact) mass is 285 g/mol. The fourth-order valence-electron chi connectivity index (χ4n) is 3.79. The number of fused-ring (bicyclic) bond motifs is 1. The van der Waals surface area contributed by atoms with Crippen molar-refractivity contribution in [2.45, 2.75) is 59.4 Å². The summed E-state index contributed by atoms with van der Waals surface area (Å²) in [6.07, 6.45) is 2.21. The molecule has 0 radical (unpaired) electrons. The third-order valence-corrected chi connectivity index (χ3v) is 5.95. The Bertz CT molecular complexity index is 629. The van der Waals surface area contributed by atoms with Gasteiger partial charge in [-0.25, -0.2) is 4.98 Å². The summed E-state index contributed by atoms with van der Waals surface area (Å²) in [6, 6.07) is 4.71. The molecule has 114 valence electrons. The molecule has 0 saturated heterocycles. The highest BCUT2D eigenvalue weighted by molar-refractivity contribution is 5.77. The highest BCUT2D eigenvalue weighted by Crippen LogP contribution is 2.49. The normalized spacial score (nSPS) is 29.0. The molecule has 3 atom stereocenters. The van der Waals surface area contributed by atoms with Crippen LogP contribution in [0.2, 0.25) is 0 Å². The van der Waals surface area contributed by atoms with Crippen LogP contribution in [0.4, 0.5) is 0 Å². The molecule has 2 aromatic rings. The smallest absolute Gasteiger partial charge is 0.110 e. The number of nitrogens with two attached hydrogens (primary N) is 1. The average molecular weight is 285 g/mol. The maximum absolute atomic E-state index is 6.28.